The van der Waals surface area contributed by atoms with Gasteiger partial charge in [-0.1, -0.05) is 12.1 Å². The summed E-state index contributed by atoms with van der Waals surface area (Å²) in [6.45, 7) is 0. The highest BCUT2D eigenvalue weighted by molar-refractivity contribution is 6.07. The van der Waals surface area contributed by atoms with E-state index in [0.29, 0.717) is 22.5 Å². The first kappa shape index (κ1) is 22.6. The number of hydrogen-bond donors (Lipinski definition) is 4. The Balaban J connectivity index is 1.07. The molecule has 3 heterocycles. The van der Waals surface area contributed by atoms with Crippen molar-refractivity contribution in [2.45, 2.75) is 0 Å². The number of fused-ring (bicyclic) bond motifs is 3. The molecule has 0 radical (unpaired) electrons. The van der Waals surface area contributed by atoms with Crippen LogP contribution in [0.3, 0.4) is 0 Å². The number of benzene rings is 4. The molecule has 0 aliphatic carbocycles. The summed E-state index contributed by atoms with van der Waals surface area (Å²) >= 11 is 0. The number of rotatable bonds is 5. The number of nitrogens with one attached hydrogen (secondary N) is 4. The lowest BCUT2D eigenvalue weighted by Gasteiger charge is -2.09. The Morgan fingerprint density at radius 2 is 1.23 bits per heavy atom. The highest BCUT2D eigenvalue weighted by atomic mass is 16.2. The fourth-order valence-corrected chi connectivity index (χ4v) is 4.79. The van der Waals surface area contributed by atoms with E-state index in [9.17, 15) is 9.59 Å². The first-order valence-corrected chi connectivity index (χ1v) is 12.5. The maximum atomic E-state index is 12.8. The summed E-state index contributed by atoms with van der Waals surface area (Å²) in [5.41, 5.74) is 6.92. The van der Waals surface area contributed by atoms with E-state index in [0.717, 1.165) is 38.5 Å². The van der Waals surface area contributed by atoms with E-state index < -0.39 is 0 Å². The van der Waals surface area contributed by atoms with Crippen molar-refractivity contribution in [2.24, 2.45) is 0 Å². The molecule has 0 saturated carbocycles. The van der Waals surface area contributed by atoms with Gasteiger partial charge in [-0.2, -0.15) is 0 Å². The fourth-order valence-electron chi connectivity index (χ4n) is 4.79. The SMILES string of the molecule is O=C(Nc1ccc(-n2cnc3cc(NC(=O)c4ccc5cc[nH]c5c4)ccc32)cc1)c1ccc2cc[nH]c2c1. The molecule has 7 aromatic rings. The average molecular weight is 511 g/mol. The summed E-state index contributed by atoms with van der Waals surface area (Å²) in [5, 5.41) is 8.03. The van der Waals surface area contributed by atoms with E-state index in [1.54, 1.807) is 6.33 Å². The van der Waals surface area contributed by atoms with E-state index in [1.165, 1.54) is 0 Å². The molecule has 8 nitrogen and oxygen atoms in total. The van der Waals surface area contributed by atoms with Gasteiger partial charge in [-0.3, -0.25) is 14.2 Å². The third kappa shape index (κ3) is 4.19. The van der Waals surface area contributed by atoms with Crippen molar-refractivity contribution >= 4 is 56.0 Å². The number of hydrogen-bond acceptors (Lipinski definition) is 3. The van der Waals surface area contributed by atoms with Crippen LogP contribution in [-0.4, -0.2) is 31.3 Å². The molecule has 0 unspecified atom stereocenters. The van der Waals surface area contributed by atoms with Crippen molar-refractivity contribution in [3.05, 3.63) is 121 Å². The Labute approximate surface area is 222 Å². The van der Waals surface area contributed by atoms with Gasteiger partial charge in [0.2, 0.25) is 0 Å². The molecule has 39 heavy (non-hydrogen) atoms. The van der Waals surface area contributed by atoms with Gasteiger partial charge in [0.15, 0.2) is 0 Å². The van der Waals surface area contributed by atoms with Gasteiger partial charge in [-0.15, -0.1) is 0 Å². The summed E-state index contributed by atoms with van der Waals surface area (Å²) in [6, 6.07) is 28.3. The molecular weight excluding hydrogens is 488 g/mol. The lowest BCUT2D eigenvalue weighted by molar-refractivity contribution is 0.101. The molecular formula is C31H22N6O2. The Bertz CT molecular complexity index is 2010. The Morgan fingerprint density at radius 3 is 1.87 bits per heavy atom. The molecule has 0 aliphatic rings. The van der Waals surface area contributed by atoms with Crippen molar-refractivity contribution in [1.82, 2.24) is 19.5 Å². The molecule has 0 bridgehead atoms. The first-order chi connectivity index (χ1) is 19.1. The zero-order valence-corrected chi connectivity index (χ0v) is 20.6. The summed E-state index contributed by atoms with van der Waals surface area (Å²) in [5.74, 6) is -0.356. The number of aromatic amines is 2. The lowest BCUT2D eigenvalue weighted by atomic mass is 10.1. The van der Waals surface area contributed by atoms with E-state index in [-0.39, 0.29) is 11.8 Å². The maximum absolute atomic E-state index is 12.8. The number of imidazole rings is 1. The Hall–Kier alpha value is -5.63. The van der Waals surface area contributed by atoms with E-state index in [4.69, 9.17) is 0 Å². The number of carbonyl (C=O) groups is 2. The van der Waals surface area contributed by atoms with Crippen LogP contribution < -0.4 is 10.6 Å². The number of aromatic nitrogens is 4. The van der Waals surface area contributed by atoms with Crippen molar-refractivity contribution in [3.8, 4) is 5.69 Å². The minimum atomic E-state index is -0.185. The second kappa shape index (κ2) is 9.04. The normalized spacial score (nSPS) is 11.3. The molecule has 7 rings (SSSR count). The summed E-state index contributed by atoms with van der Waals surface area (Å²) < 4.78 is 1.96. The molecule has 2 amide bonds. The highest BCUT2D eigenvalue weighted by Crippen LogP contribution is 2.24. The van der Waals surface area contributed by atoms with Gasteiger partial charge >= 0.3 is 0 Å². The fraction of sp³-hybridized carbons (Fsp3) is 0. The molecule has 0 fully saturated rings. The Kier molecular flexibility index (Phi) is 5.23. The van der Waals surface area contributed by atoms with E-state index in [2.05, 4.69) is 25.6 Å². The van der Waals surface area contributed by atoms with Crippen molar-refractivity contribution in [3.63, 3.8) is 0 Å². The smallest absolute Gasteiger partial charge is 0.255 e. The van der Waals surface area contributed by atoms with Crippen LogP contribution in [0.2, 0.25) is 0 Å². The lowest BCUT2D eigenvalue weighted by Crippen LogP contribution is -2.11. The molecule has 8 heteroatoms. The zero-order valence-electron chi connectivity index (χ0n) is 20.6. The van der Waals surface area contributed by atoms with Crippen LogP contribution in [0, 0.1) is 0 Å². The predicted molar refractivity (Wildman–Crippen MR) is 154 cm³/mol. The average Bonchev–Trinajstić information content (AvgIpc) is 3.72. The third-order valence-corrected chi connectivity index (χ3v) is 6.84. The van der Waals surface area contributed by atoms with Gasteiger partial charge in [0.05, 0.1) is 11.0 Å². The molecule has 4 N–H and O–H groups in total. The predicted octanol–water partition coefficient (Wildman–Crippen LogP) is 6.49. The molecule has 0 saturated heterocycles. The molecule has 0 spiro atoms. The van der Waals surface area contributed by atoms with Gasteiger partial charge in [-0.25, -0.2) is 4.98 Å². The second-order valence-electron chi connectivity index (χ2n) is 9.33. The largest absolute Gasteiger partial charge is 0.361 e. The standard InChI is InChI=1S/C31H22N6O2/c38-30(21-3-1-19-11-13-32-26(19)15-21)35-23-5-8-25(9-6-23)37-18-34-28-17-24(7-10-29(28)37)36-31(39)22-4-2-20-12-14-33-27(20)16-22/h1-18,32-33H,(H,35,38)(H,36,39). The van der Waals surface area contributed by atoms with Gasteiger partial charge < -0.3 is 20.6 Å². The van der Waals surface area contributed by atoms with Crippen molar-refractivity contribution in [2.75, 3.05) is 10.6 Å². The third-order valence-electron chi connectivity index (χ3n) is 6.84. The van der Waals surface area contributed by atoms with Crippen LogP contribution in [0.15, 0.2) is 110 Å². The number of carbonyl (C=O) groups excluding carboxylic acids is 2. The molecule has 4 aromatic carbocycles. The monoisotopic (exact) mass is 510 g/mol. The second-order valence-corrected chi connectivity index (χ2v) is 9.33. The Morgan fingerprint density at radius 1 is 0.641 bits per heavy atom. The molecule has 188 valence electrons. The van der Waals surface area contributed by atoms with Crippen LogP contribution in [0.25, 0.3) is 38.5 Å². The topological polar surface area (TPSA) is 108 Å². The van der Waals surface area contributed by atoms with Gasteiger partial charge in [0.1, 0.15) is 6.33 Å². The van der Waals surface area contributed by atoms with Gasteiger partial charge in [0, 0.05) is 51.6 Å². The first-order valence-electron chi connectivity index (χ1n) is 12.5. The number of nitrogens with zero attached hydrogens (tertiary/aromatic N) is 2. The molecule has 3 aromatic heterocycles. The van der Waals surface area contributed by atoms with Crippen molar-refractivity contribution in [1.29, 1.82) is 0 Å². The molecule has 0 atom stereocenters. The van der Waals surface area contributed by atoms with Gasteiger partial charge in [0.25, 0.3) is 11.8 Å². The van der Waals surface area contributed by atoms with Gasteiger partial charge in [-0.05, 0) is 89.6 Å². The number of anilines is 2. The minimum absolute atomic E-state index is 0.172. The maximum Gasteiger partial charge on any atom is 0.255 e. The molecule has 0 aliphatic heterocycles. The minimum Gasteiger partial charge on any atom is -0.361 e. The summed E-state index contributed by atoms with van der Waals surface area (Å²) in [7, 11) is 0. The summed E-state index contributed by atoms with van der Waals surface area (Å²) in [6.07, 6.45) is 5.45. The highest BCUT2D eigenvalue weighted by Gasteiger charge is 2.11. The number of amides is 2. The zero-order chi connectivity index (χ0) is 26.3. The van der Waals surface area contributed by atoms with Crippen LogP contribution in [0.1, 0.15) is 20.7 Å². The van der Waals surface area contributed by atoms with Crippen LogP contribution >= 0.6 is 0 Å². The van der Waals surface area contributed by atoms with Crippen molar-refractivity contribution < 1.29 is 9.59 Å². The number of H-pyrrole nitrogens is 2. The van der Waals surface area contributed by atoms with Crippen LogP contribution in [0.4, 0.5) is 11.4 Å². The van der Waals surface area contributed by atoms with E-state index in [1.807, 2.05) is 108 Å². The summed E-state index contributed by atoms with van der Waals surface area (Å²) in [4.78, 5) is 36.3. The van der Waals surface area contributed by atoms with E-state index >= 15 is 0 Å². The van der Waals surface area contributed by atoms with Crippen LogP contribution in [-0.2, 0) is 0 Å². The quantitative estimate of drug-likeness (QED) is 0.212. The van der Waals surface area contributed by atoms with Crippen LogP contribution in [0.5, 0.6) is 0 Å².